The molecule has 10 heteroatoms. The van der Waals surface area contributed by atoms with Crippen molar-refractivity contribution < 1.29 is 28.5 Å². The Morgan fingerprint density at radius 2 is 1.85 bits per heavy atom. The lowest BCUT2D eigenvalue weighted by atomic mass is 10.0. The molecule has 1 fully saturated rings. The highest BCUT2D eigenvalue weighted by atomic mass is 35.5. The van der Waals surface area contributed by atoms with E-state index in [0.717, 1.165) is 38.0 Å². The lowest BCUT2D eigenvalue weighted by Crippen LogP contribution is -2.38. The number of halogens is 1. The molecule has 0 atom stereocenters. The summed E-state index contributed by atoms with van der Waals surface area (Å²) in [6.45, 7) is 7.53. The van der Waals surface area contributed by atoms with Gasteiger partial charge in [0.05, 0.1) is 13.2 Å². The first kappa shape index (κ1) is 24.0. The molecule has 0 saturated carbocycles. The number of oxazole rings is 1. The van der Waals surface area contributed by atoms with Crippen molar-refractivity contribution in [1.29, 1.82) is 0 Å². The van der Waals surface area contributed by atoms with Gasteiger partial charge in [-0.2, -0.15) is 4.98 Å². The number of aromatic nitrogens is 1. The van der Waals surface area contributed by atoms with Crippen LogP contribution in [0, 0.1) is 0 Å². The molecular weight excluding hydrogens is 462 g/mol. The molecule has 0 amide bonds. The number of ether oxygens (including phenoxy) is 3. The highest BCUT2D eigenvalue weighted by Gasteiger charge is 2.22. The Hall–Kier alpha value is -3.17. The van der Waals surface area contributed by atoms with Crippen LogP contribution in [-0.2, 0) is 6.54 Å². The number of anilines is 1. The highest BCUT2D eigenvalue weighted by Crippen LogP contribution is 2.36. The Morgan fingerprint density at radius 3 is 2.47 bits per heavy atom. The number of nitrogens with one attached hydrogen (secondary N) is 1. The fourth-order valence-corrected chi connectivity index (χ4v) is 4.26. The summed E-state index contributed by atoms with van der Waals surface area (Å²) in [5, 5.41) is 12.6. The molecular formula is C24H28ClN3O6. The van der Waals surface area contributed by atoms with Crippen molar-refractivity contribution in [3.05, 3.63) is 40.9 Å². The number of carboxylic acid groups (broad SMARTS) is 1. The summed E-state index contributed by atoms with van der Waals surface area (Å²) in [6, 6.07) is 9.34. The highest BCUT2D eigenvalue weighted by molar-refractivity contribution is 6.33. The van der Waals surface area contributed by atoms with Crippen molar-refractivity contribution in [1.82, 2.24) is 9.88 Å². The van der Waals surface area contributed by atoms with Crippen molar-refractivity contribution in [2.45, 2.75) is 39.3 Å². The topological polar surface area (TPSA) is 106 Å². The number of likely N-dealkylation sites (tertiary alicyclic amines) is 1. The van der Waals surface area contributed by atoms with Crippen LogP contribution < -0.4 is 19.5 Å². The maximum atomic E-state index is 10.7. The number of nitrogens with zero attached hydrogens (tertiary/aromatic N) is 2. The van der Waals surface area contributed by atoms with Gasteiger partial charge in [-0.3, -0.25) is 4.90 Å². The first-order valence-electron chi connectivity index (χ1n) is 11.3. The van der Waals surface area contributed by atoms with Crippen molar-refractivity contribution in [2.24, 2.45) is 0 Å². The van der Waals surface area contributed by atoms with E-state index in [0.29, 0.717) is 46.8 Å². The summed E-state index contributed by atoms with van der Waals surface area (Å²) in [7, 11) is 0. The van der Waals surface area contributed by atoms with Crippen LogP contribution >= 0.6 is 11.6 Å². The second-order valence-corrected chi connectivity index (χ2v) is 8.36. The molecule has 2 heterocycles. The molecule has 1 aromatic heterocycles. The second-order valence-electron chi connectivity index (χ2n) is 7.98. The molecule has 1 aliphatic rings. The molecule has 34 heavy (non-hydrogen) atoms. The van der Waals surface area contributed by atoms with E-state index in [9.17, 15) is 4.79 Å². The van der Waals surface area contributed by atoms with Crippen molar-refractivity contribution in [2.75, 3.05) is 31.6 Å². The normalized spacial score (nSPS) is 14.8. The molecule has 1 saturated heterocycles. The van der Waals surface area contributed by atoms with Gasteiger partial charge in [0.15, 0.2) is 5.58 Å². The summed E-state index contributed by atoms with van der Waals surface area (Å²) in [4.78, 5) is 17.5. The number of piperidine rings is 1. The minimum absolute atomic E-state index is 0.204. The van der Waals surface area contributed by atoms with Gasteiger partial charge in [-0.1, -0.05) is 11.6 Å². The predicted octanol–water partition coefficient (Wildman–Crippen LogP) is 5.41. The van der Waals surface area contributed by atoms with Crippen LogP contribution in [0.1, 0.15) is 32.3 Å². The smallest absolute Gasteiger partial charge is 0.492 e. The minimum atomic E-state index is -1.37. The molecule has 2 aromatic carbocycles. The fourth-order valence-electron chi connectivity index (χ4n) is 4.04. The number of benzene rings is 2. The van der Waals surface area contributed by atoms with Gasteiger partial charge < -0.3 is 29.1 Å². The molecule has 0 aliphatic carbocycles. The van der Waals surface area contributed by atoms with Gasteiger partial charge in [-0.25, -0.2) is 4.79 Å². The zero-order valence-corrected chi connectivity index (χ0v) is 19.9. The van der Waals surface area contributed by atoms with Crippen LogP contribution in [0.25, 0.3) is 11.1 Å². The maximum absolute atomic E-state index is 10.7. The molecule has 0 bridgehead atoms. The third-order valence-corrected chi connectivity index (χ3v) is 5.92. The van der Waals surface area contributed by atoms with E-state index in [-0.39, 0.29) is 11.8 Å². The van der Waals surface area contributed by atoms with Gasteiger partial charge in [0.1, 0.15) is 27.8 Å². The number of hydrogen-bond acceptors (Lipinski definition) is 8. The molecule has 4 rings (SSSR count). The average molecular weight is 490 g/mol. The number of carbonyl (C=O) groups is 1. The Balaban J connectivity index is 1.35. The van der Waals surface area contributed by atoms with Gasteiger partial charge in [-0.15, -0.1) is 0 Å². The predicted molar refractivity (Wildman–Crippen MR) is 128 cm³/mol. The second kappa shape index (κ2) is 10.8. The van der Waals surface area contributed by atoms with E-state index in [1.165, 1.54) is 6.07 Å². The first-order valence-corrected chi connectivity index (χ1v) is 11.7. The summed E-state index contributed by atoms with van der Waals surface area (Å²) in [5.74, 6) is 1.50. The Bertz CT molecular complexity index is 1120. The van der Waals surface area contributed by atoms with E-state index in [1.54, 1.807) is 12.1 Å². The van der Waals surface area contributed by atoms with Crippen molar-refractivity contribution in [3.8, 4) is 17.2 Å². The van der Waals surface area contributed by atoms with Gasteiger partial charge in [-0.05, 0) is 56.5 Å². The van der Waals surface area contributed by atoms with Crippen LogP contribution in [0.3, 0.4) is 0 Å². The van der Waals surface area contributed by atoms with Gasteiger partial charge in [0.25, 0.3) is 6.01 Å². The largest absolute Gasteiger partial charge is 0.511 e. The summed E-state index contributed by atoms with van der Waals surface area (Å²) < 4.78 is 21.8. The van der Waals surface area contributed by atoms with Gasteiger partial charge in [0.2, 0.25) is 0 Å². The number of rotatable bonds is 9. The molecule has 0 unspecified atom stereocenters. The molecule has 2 N–H and O–H groups in total. The van der Waals surface area contributed by atoms with E-state index in [2.05, 4.69) is 19.9 Å². The summed E-state index contributed by atoms with van der Waals surface area (Å²) in [5.41, 5.74) is 2.20. The SMILES string of the molecule is CCOc1cc(CN2CCC(Nc3nc4cc(OC(=O)O)ccc4o3)CC2)cc(OCC)c1Cl. The van der Waals surface area contributed by atoms with E-state index < -0.39 is 6.16 Å². The van der Waals surface area contributed by atoms with Gasteiger partial charge >= 0.3 is 6.16 Å². The fraction of sp³-hybridized carbons (Fsp3) is 0.417. The zero-order chi connectivity index (χ0) is 24.1. The Kier molecular flexibility index (Phi) is 7.64. The quantitative estimate of drug-likeness (QED) is 0.301. The lowest BCUT2D eigenvalue weighted by Gasteiger charge is -2.32. The van der Waals surface area contributed by atoms with Crippen molar-refractivity contribution >= 4 is 34.9 Å². The lowest BCUT2D eigenvalue weighted by molar-refractivity contribution is 0.144. The standard InChI is InChI=1S/C24H28ClN3O6/c1-3-31-20-11-15(12-21(22(20)25)32-4-2)14-28-9-7-16(8-10-28)26-23-27-18-13-17(33-24(29)30)5-6-19(18)34-23/h5-6,11-13,16H,3-4,7-10,14H2,1-2H3,(H,26,27)(H,29,30). The van der Waals surface area contributed by atoms with E-state index in [4.69, 9.17) is 30.6 Å². The minimum Gasteiger partial charge on any atom is -0.492 e. The first-order chi connectivity index (χ1) is 16.4. The van der Waals surface area contributed by atoms with Crippen LogP contribution in [0.4, 0.5) is 10.8 Å². The summed E-state index contributed by atoms with van der Waals surface area (Å²) in [6.07, 6.45) is 0.488. The molecule has 182 valence electrons. The van der Waals surface area contributed by atoms with E-state index >= 15 is 0 Å². The van der Waals surface area contributed by atoms with Crippen LogP contribution in [0.2, 0.25) is 5.02 Å². The number of fused-ring (bicyclic) bond motifs is 1. The average Bonchev–Trinajstić information content (AvgIpc) is 3.19. The summed E-state index contributed by atoms with van der Waals surface area (Å²) >= 11 is 6.42. The Morgan fingerprint density at radius 1 is 1.18 bits per heavy atom. The zero-order valence-electron chi connectivity index (χ0n) is 19.2. The molecule has 9 nitrogen and oxygen atoms in total. The third kappa shape index (κ3) is 5.84. The van der Waals surface area contributed by atoms with E-state index in [1.807, 2.05) is 26.0 Å². The maximum Gasteiger partial charge on any atom is 0.511 e. The van der Waals surface area contributed by atoms with Gasteiger partial charge in [0, 0.05) is 31.7 Å². The monoisotopic (exact) mass is 489 g/mol. The van der Waals surface area contributed by atoms with Crippen LogP contribution in [-0.4, -0.2) is 53.5 Å². The Labute approximate surface area is 202 Å². The molecule has 1 aliphatic heterocycles. The van der Waals surface area contributed by atoms with Crippen molar-refractivity contribution in [3.63, 3.8) is 0 Å². The third-order valence-electron chi connectivity index (χ3n) is 5.55. The molecule has 3 aromatic rings. The number of hydrogen-bond donors (Lipinski definition) is 2. The van der Waals surface area contributed by atoms with Crippen LogP contribution in [0.5, 0.6) is 17.2 Å². The van der Waals surface area contributed by atoms with Crippen LogP contribution in [0.15, 0.2) is 34.7 Å². The molecule has 0 spiro atoms. The molecule has 0 radical (unpaired) electrons.